The number of halogens is 1. The predicted octanol–water partition coefficient (Wildman–Crippen LogP) is 3.13. The summed E-state index contributed by atoms with van der Waals surface area (Å²) >= 11 is 5.62. The number of nitrogens with zero attached hydrogens (tertiary/aromatic N) is 2. The molecule has 0 radical (unpaired) electrons. The van der Waals surface area contributed by atoms with E-state index in [9.17, 15) is 9.59 Å². The quantitative estimate of drug-likeness (QED) is 0.510. The molecule has 6 nitrogen and oxygen atoms in total. The van der Waals surface area contributed by atoms with Gasteiger partial charge in [0, 0.05) is 6.42 Å². The van der Waals surface area contributed by atoms with Crippen LogP contribution in [-0.2, 0) is 16.0 Å². The molecule has 0 saturated heterocycles. The van der Waals surface area contributed by atoms with E-state index in [1.807, 2.05) is 0 Å². The van der Waals surface area contributed by atoms with E-state index in [1.54, 1.807) is 39.0 Å². The van der Waals surface area contributed by atoms with Crippen molar-refractivity contribution in [2.45, 2.75) is 39.2 Å². The molecule has 0 fully saturated rings. The van der Waals surface area contributed by atoms with Gasteiger partial charge in [0.15, 0.2) is 0 Å². The number of imide groups is 1. The second kappa shape index (κ2) is 6.58. The molecule has 0 atom stereocenters. The molecule has 7 heteroatoms. The second-order valence-electron chi connectivity index (χ2n) is 6.26. The highest BCUT2D eigenvalue weighted by Crippen LogP contribution is 2.32. The number of fused-ring (bicyclic) bond motifs is 1. The lowest BCUT2D eigenvalue weighted by atomic mass is 10.0. The minimum absolute atomic E-state index is 0.138. The minimum atomic E-state index is -0.673. The zero-order valence-electron chi connectivity index (χ0n) is 13.4. The summed E-state index contributed by atoms with van der Waals surface area (Å²) in [6, 6.07) is 5.17. The molecule has 0 aliphatic carbocycles. The third-order valence-corrected chi connectivity index (χ3v) is 3.42. The number of ether oxygens (including phenoxy) is 1. The molecule has 1 aliphatic heterocycles. The van der Waals surface area contributed by atoms with Crippen LogP contribution in [-0.4, -0.2) is 29.3 Å². The van der Waals surface area contributed by atoms with Crippen molar-refractivity contribution in [3.8, 4) is 0 Å². The molecule has 0 aromatic heterocycles. The van der Waals surface area contributed by atoms with Crippen LogP contribution in [0.3, 0.4) is 0 Å². The third-order valence-electron chi connectivity index (χ3n) is 3.15. The molecular formula is C16H20ClN3O3. The summed E-state index contributed by atoms with van der Waals surface area (Å²) < 4.78 is 5.32. The maximum Gasteiger partial charge on any atom is 0.421 e. The zero-order valence-corrected chi connectivity index (χ0v) is 14.2. The van der Waals surface area contributed by atoms with Crippen molar-refractivity contribution in [2.24, 2.45) is 10.7 Å². The smallest absolute Gasteiger partial charge is 0.421 e. The summed E-state index contributed by atoms with van der Waals surface area (Å²) in [6.45, 7) is 5.27. The summed E-state index contributed by atoms with van der Waals surface area (Å²) in [5.74, 6) is 0.172. The van der Waals surface area contributed by atoms with Gasteiger partial charge in [0.2, 0.25) is 5.91 Å². The summed E-state index contributed by atoms with van der Waals surface area (Å²) in [7, 11) is 0. The number of hydrogen-bond donors (Lipinski definition) is 1. The number of rotatable bonds is 2. The van der Waals surface area contributed by atoms with Crippen LogP contribution in [0, 0.1) is 0 Å². The van der Waals surface area contributed by atoms with E-state index < -0.39 is 11.7 Å². The number of carbonyl (C=O) groups excluding carboxylic acids is 2. The van der Waals surface area contributed by atoms with Crippen molar-refractivity contribution >= 4 is 40.8 Å². The maximum absolute atomic E-state index is 12.3. The minimum Gasteiger partial charge on any atom is -0.443 e. The Morgan fingerprint density at radius 1 is 1.39 bits per heavy atom. The van der Waals surface area contributed by atoms with Gasteiger partial charge >= 0.3 is 6.09 Å². The Hall–Kier alpha value is -2.08. The molecule has 2 rings (SSSR count). The molecular weight excluding hydrogens is 318 g/mol. The Labute approximate surface area is 140 Å². The van der Waals surface area contributed by atoms with Gasteiger partial charge in [-0.05, 0) is 51.0 Å². The van der Waals surface area contributed by atoms with Gasteiger partial charge in [-0.25, -0.2) is 14.7 Å². The first-order valence-electron chi connectivity index (χ1n) is 7.29. The number of amides is 2. The SMILES string of the molecule is CC(C)(C)OC(=O)N1C(=O)CCc2cc(N=C(N)CCl)ccc21. The first-order chi connectivity index (χ1) is 10.7. The Balaban J connectivity index is 2.35. The molecule has 0 unspecified atom stereocenters. The van der Waals surface area contributed by atoms with Crippen LogP contribution in [0.15, 0.2) is 23.2 Å². The first-order valence-corrected chi connectivity index (χ1v) is 7.82. The Bertz CT molecular complexity index is 665. The maximum atomic E-state index is 12.3. The molecule has 1 aromatic carbocycles. The van der Waals surface area contributed by atoms with Crippen LogP contribution in [0.5, 0.6) is 0 Å². The van der Waals surface area contributed by atoms with Gasteiger partial charge in [-0.15, -0.1) is 11.6 Å². The van der Waals surface area contributed by atoms with E-state index in [4.69, 9.17) is 22.1 Å². The van der Waals surface area contributed by atoms with Gasteiger partial charge in [0.1, 0.15) is 11.4 Å². The third kappa shape index (κ3) is 4.22. The van der Waals surface area contributed by atoms with Gasteiger partial charge in [0.05, 0.1) is 17.3 Å². The second-order valence-corrected chi connectivity index (χ2v) is 6.53. The normalized spacial score (nSPS) is 15.4. The number of alkyl halides is 1. The average Bonchev–Trinajstić information content (AvgIpc) is 2.45. The van der Waals surface area contributed by atoms with Gasteiger partial charge < -0.3 is 10.5 Å². The number of hydrogen-bond acceptors (Lipinski definition) is 4. The lowest BCUT2D eigenvalue weighted by Gasteiger charge is -2.30. The average molecular weight is 338 g/mol. The van der Waals surface area contributed by atoms with Crippen LogP contribution < -0.4 is 10.6 Å². The van der Waals surface area contributed by atoms with Crippen LogP contribution in [0.2, 0.25) is 0 Å². The van der Waals surface area contributed by atoms with Crippen molar-refractivity contribution in [2.75, 3.05) is 10.8 Å². The molecule has 0 spiro atoms. The largest absolute Gasteiger partial charge is 0.443 e. The van der Waals surface area contributed by atoms with E-state index in [0.29, 0.717) is 23.6 Å². The van der Waals surface area contributed by atoms with E-state index >= 15 is 0 Å². The predicted molar refractivity (Wildman–Crippen MR) is 90.5 cm³/mol. The lowest BCUT2D eigenvalue weighted by molar-refractivity contribution is -0.118. The van der Waals surface area contributed by atoms with Gasteiger partial charge in [-0.1, -0.05) is 0 Å². The fourth-order valence-corrected chi connectivity index (χ4v) is 2.31. The molecule has 2 N–H and O–H groups in total. The molecule has 124 valence electrons. The number of amidine groups is 1. The van der Waals surface area contributed by atoms with E-state index in [0.717, 1.165) is 10.5 Å². The number of anilines is 1. The van der Waals surface area contributed by atoms with Crippen LogP contribution >= 0.6 is 11.6 Å². The van der Waals surface area contributed by atoms with E-state index in [1.165, 1.54) is 0 Å². The molecule has 0 bridgehead atoms. The molecule has 1 heterocycles. The molecule has 0 saturated carbocycles. The number of aliphatic imine (C=N–C) groups is 1. The van der Waals surface area contributed by atoms with E-state index in [-0.39, 0.29) is 18.2 Å². The number of benzene rings is 1. The van der Waals surface area contributed by atoms with Crippen LogP contribution in [0.4, 0.5) is 16.2 Å². The number of aryl methyl sites for hydroxylation is 1. The summed E-state index contributed by atoms with van der Waals surface area (Å²) in [5.41, 5.74) is 6.97. The van der Waals surface area contributed by atoms with Crippen molar-refractivity contribution in [1.29, 1.82) is 0 Å². The Morgan fingerprint density at radius 3 is 2.70 bits per heavy atom. The molecule has 2 amide bonds. The Kier molecular flexibility index (Phi) is 4.94. The highest BCUT2D eigenvalue weighted by molar-refractivity contribution is 6.28. The summed E-state index contributed by atoms with van der Waals surface area (Å²) in [4.78, 5) is 29.7. The van der Waals surface area contributed by atoms with Crippen molar-refractivity contribution in [3.05, 3.63) is 23.8 Å². The highest BCUT2D eigenvalue weighted by Gasteiger charge is 2.33. The number of nitrogens with two attached hydrogens (primary N) is 1. The first kappa shape index (κ1) is 17.3. The zero-order chi connectivity index (χ0) is 17.2. The topological polar surface area (TPSA) is 85.0 Å². The Morgan fingerprint density at radius 2 is 2.09 bits per heavy atom. The van der Waals surface area contributed by atoms with Gasteiger partial charge in [0.25, 0.3) is 0 Å². The van der Waals surface area contributed by atoms with Crippen molar-refractivity contribution in [1.82, 2.24) is 0 Å². The standard InChI is InChI=1S/C16H20ClN3O3/c1-16(2,3)23-15(22)20-12-6-5-11(19-13(18)9-17)8-10(12)4-7-14(20)21/h5-6,8H,4,7,9H2,1-3H3,(H2,18,19). The van der Waals surface area contributed by atoms with Crippen molar-refractivity contribution in [3.63, 3.8) is 0 Å². The highest BCUT2D eigenvalue weighted by atomic mass is 35.5. The molecule has 1 aromatic rings. The van der Waals surface area contributed by atoms with Gasteiger partial charge in [-0.2, -0.15) is 0 Å². The summed E-state index contributed by atoms with van der Waals surface area (Å²) in [6.07, 6.45) is 0.113. The monoisotopic (exact) mass is 337 g/mol. The lowest BCUT2D eigenvalue weighted by Crippen LogP contribution is -2.43. The summed E-state index contributed by atoms with van der Waals surface area (Å²) in [5, 5.41) is 0. The molecule has 1 aliphatic rings. The van der Waals surface area contributed by atoms with Crippen molar-refractivity contribution < 1.29 is 14.3 Å². The van der Waals surface area contributed by atoms with Crippen LogP contribution in [0.25, 0.3) is 0 Å². The number of carbonyl (C=O) groups is 2. The fourth-order valence-electron chi connectivity index (χ4n) is 2.25. The van der Waals surface area contributed by atoms with Crippen LogP contribution in [0.1, 0.15) is 32.8 Å². The van der Waals surface area contributed by atoms with E-state index in [2.05, 4.69) is 4.99 Å². The molecule has 23 heavy (non-hydrogen) atoms. The fraction of sp³-hybridized carbons (Fsp3) is 0.438. The van der Waals surface area contributed by atoms with Gasteiger partial charge in [-0.3, -0.25) is 4.79 Å².